The van der Waals surface area contributed by atoms with Gasteiger partial charge in [0.15, 0.2) is 0 Å². The average Bonchev–Trinajstić information content (AvgIpc) is 2.54. The van der Waals surface area contributed by atoms with Crippen LogP contribution in [0.4, 0.5) is 17.1 Å². The molecule has 0 unspecified atom stereocenters. The highest BCUT2D eigenvalue weighted by Crippen LogP contribution is 2.37. The SMILES string of the molecule is CCNCc1ccccc1N1CCN(C)c2ccccc21. The number of hydrogen-bond acceptors (Lipinski definition) is 3. The summed E-state index contributed by atoms with van der Waals surface area (Å²) < 4.78 is 0. The van der Waals surface area contributed by atoms with Gasteiger partial charge in [0.05, 0.1) is 11.4 Å². The van der Waals surface area contributed by atoms with E-state index in [1.807, 2.05) is 0 Å². The zero-order valence-electron chi connectivity index (χ0n) is 12.8. The van der Waals surface area contributed by atoms with E-state index in [9.17, 15) is 0 Å². The molecule has 1 N–H and O–H groups in total. The molecule has 0 saturated carbocycles. The topological polar surface area (TPSA) is 18.5 Å². The highest BCUT2D eigenvalue weighted by Gasteiger charge is 2.22. The molecular formula is C18H23N3. The van der Waals surface area contributed by atoms with Crippen molar-refractivity contribution in [1.29, 1.82) is 0 Å². The van der Waals surface area contributed by atoms with Crippen molar-refractivity contribution in [2.24, 2.45) is 0 Å². The molecule has 3 rings (SSSR count). The molecular weight excluding hydrogens is 258 g/mol. The minimum atomic E-state index is 0.918. The number of nitrogens with one attached hydrogen (secondary N) is 1. The molecule has 3 nitrogen and oxygen atoms in total. The molecule has 2 aromatic carbocycles. The van der Waals surface area contributed by atoms with Crippen LogP contribution >= 0.6 is 0 Å². The number of benzene rings is 2. The van der Waals surface area contributed by atoms with Crippen molar-refractivity contribution in [2.75, 3.05) is 36.5 Å². The van der Waals surface area contributed by atoms with Gasteiger partial charge in [-0.1, -0.05) is 37.3 Å². The molecule has 2 aromatic rings. The number of likely N-dealkylation sites (N-methyl/N-ethyl adjacent to an activating group) is 1. The lowest BCUT2D eigenvalue weighted by atomic mass is 10.1. The Balaban J connectivity index is 2.00. The summed E-state index contributed by atoms with van der Waals surface area (Å²) in [6, 6.07) is 17.4. The number of para-hydroxylation sites is 3. The largest absolute Gasteiger partial charge is 0.371 e. The Kier molecular flexibility index (Phi) is 4.11. The Bertz CT molecular complexity index is 609. The van der Waals surface area contributed by atoms with Crippen LogP contribution in [0.15, 0.2) is 48.5 Å². The predicted molar refractivity (Wildman–Crippen MR) is 90.5 cm³/mol. The zero-order valence-corrected chi connectivity index (χ0v) is 12.8. The van der Waals surface area contributed by atoms with Crippen molar-refractivity contribution < 1.29 is 0 Å². The molecule has 0 aromatic heterocycles. The Morgan fingerprint density at radius 1 is 0.905 bits per heavy atom. The predicted octanol–water partition coefficient (Wildman–Crippen LogP) is 3.38. The van der Waals surface area contributed by atoms with E-state index in [-0.39, 0.29) is 0 Å². The molecule has 1 aliphatic rings. The van der Waals surface area contributed by atoms with E-state index in [0.29, 0.717) is 0 Å². The van der Waals surface area contributed by atoms with Gasteiger partial charge in [-0.25, -0.2) is 0 Å². The summed E-state index contributed by atoms with van der Waals surface area (Å²) in [4.78, 5) is 4.78. The van der Waals surface area contributed by atoms with Crippen LogP contribution in [0, 0.1) is 0 Å². The molecule has 3 heteroatoms. The molecule has 0 radical (unpaired) electrons. The third-order valence-corrected chi connectivity index (χ3v) is 4.09. The third kappa shape index (κ3) is 2.74. The van der Waals surface area contributed by atoms with Gasteiger partial charge < -0.3 is 15.1 Å². The smallest absolute Gasteiger partial charge is 0.0649 e. The molecule has 21 heavy (non-hydrogen) atoms. The molecule has 1 heterocycles. The summed E-state index contributed by atoms with van der Waals surface area (Å²) in [5, 5.41) is 3.44. The van der Waals surface area contributed by atoms with Crippen molar-refractivity contribution in [3.05, 3.63) is 54.1 Å². The van der Waals surface area contributed by atoms with E-state index in [1.54, 1.807) is 0 Å². The van der Waals surface area contributed by atoms with Gasteiger partial charge in [0.25, 0.3) is 0 Å². The number of rotatable bonds is 4. The van der Waals surface area contributed by atoms with Crippen LogP contribution in [0.25, 0.3) is 0 Å². The van der Waals surface area contributed by atoms with E-state index >= 15 is 0 Å². The first-order valence-electron chi connectivity index (χ1n) is 7.67. The quantitative estimate of drug-likeness (QED) is 0.927. The fraction of sp³-hybridized carbons (Fsp3) is 0.333. The Morgan fingerprint density at radius 2 is 1.57 bits per heavy atom. The number of fused-ring (bicyclic) bond motifs is 1. The van der Waals surface area contributed by atoms with Crippen LogP contribution < -0.4 is 15.1 Å². The summed E-state index contributed by atoms with van der Waals surface area (Å²) >= 11 is 0. The Morgan fingerprint density at radius 3 is 2.33 bits per heavy atom. The Labute approximate surface area is 127 Å². The first-order valence-corrected chi connectivity index (χ1v) is 7.67. The van der Waals surface area contributed by atoms with Gasteiger partial charge in [-0.05, 0) is 30.3 Å². The second-order valence-electron chi connectivity index (χ2n) is 5.47. The second-order valence-corrected chi connectivity index (χ2v) is 5.47. The van der Waals surface area contributed by atoms with Gasteiger partial charge in [-0.15, -0.1) is 0 Å². The van der Waals surface area contributed by atoms with Crippen LogP contribution in [0.3, 0.4) is 0 Å². The molecule has 0 amide bonds. The van der Waals surface area contributed by atoms with Gasteiger partial charge >= 0.3 is 0 Å². The molecule has 0 fully saturated rings. The fourth-order valence-electron chi connectivity index (χ4n) is 2.94. The van der Waals surface area contributed by atoms with Crippen LogP contribution in [-0.4, -0.2) is 26.7 Å². The van der Waals surface area contributed by atoms with Crippen molar-refractivity contribution >= 4 is 17.1 Å². The van der Waals surface area contributed by atoms with Gasteiger partial charge in [-0.3, -0.25) is 0 Å². The van der Waals surface area contributed by atoms with E-state index in [1.165, 1.54) is 22.6 Å². The lowest BCUT2D eigenvalue weighted by Crippen LogP contribution is -2.37. The third-order valence-electron chi connectivity index (χ3n) is 4.09. The van der Waals surface area contributed by atoms with Gasteiger partial charge in [0, 0.05) is 32.4 Å². The van der Waals surface area contributed by atoms with Gasteiger partial charge in [-0.2, -0.15) is 0 Å². The van der Waals surface area contributed by atoms with Crippen molar-refractivity contribution in [2.45, 2.75) is 13.5 Å². The maximum absolute atomic E-state index is 3.44. The maximum Gasteiger partial charge on any atom is 0.0649 e. The van der Waals surface area contributed by atoms with Crippen molar-refractivity contribution in [1.82, 2.24) is 5.32 Å². The second kappa shape index (κ2) is 6.19. The van der Waals surface area contributed by atoms with E-state index in [2.05, 4.69) is 77.6 Å². The lowest BCUT2D eigenvalue weighted by molar-refractivity contribution is 0.722. The van der Waals surface area contributed by atoms with Crippen molar-refractivity contribution in [3.63, 3.8) is 0 Å². The molecule has 0 atom stereocenters. The molecule has 0 aliphatic carbocycles. The van der Waals surface area contributed by atoms with Crippen LogP contribution in [0.5, 0.6) is 0 Å². The summed E-state index contributed by atoms with van der Waals surface area (Å²) in [6.45, 7) is 6.13. The first kappa shape index (κ1) is 14.0. The number of hydrogen-bond donors (Lipinski definition) is 1. The highest BCUT2D eigenvalue weighted by atomic mass is 15.3. The highest BCUT2D eigenvalue weighted by molar-refractivity contribution is 5.80. The van der Waals surface area contributed by atoms with Crippen molar-refractivity contribution in [3.8, 4) is 0 Å². The lowest BCUT2D eigenvalue weighted by Gasteiger charge is -2.37. The molecule has 1 aliphatic heterocycles. The summed E-state index contributed by atoms with van der Waals surface area (Å²) in [5.74, 6) is 0. The average molecular weight is 281 g/mol. The maximum atomic E-state index is 3.44. The summed E-state index contributed by atoms with van der Waals surface area (Å²) in [7, 11) is 2.17. The minimum Gasteiger partial charge on any atom is -0.371 e. The van der Waals surface area contributed by atoms with Crippen LogP contribution in [0.2, 0.25) is 0 Å². The summed E-state index contributed by atoms with van der Waals surface area (Å²) in [5.41, 5.74) is 5.29. The first-order chi connectivity index (χ1) is 10.3. The fourth-order valence-corrected chi connectivity index (χ4v) is 2.94. The van der Waals surface area contributed by atoms with Crippen LogP contribution in [-0.2, 0) is 6.54 Å². The number of anilines is 3. The molecule has 110 valence electrons. The zero-order chi connectivity index (χ0) is 14.7. The van der Waals surface area contributed by atoms with Crippen LogP contribution in [0.1, 0.15) is 12.5 Å². The molecule has 0 bridgehead atoms. The van der Waals surface area contributed by atoms with E-state index in [4.69, 9.17) is 0 Å². The van der Waals surface area contributed by atoms with Gasteiger partial charge in [0.2, 0.25) is 0 Å². The standard InChI is InChI=1S/C18H23N3/c1-3-19-14-15-8-4-5-9-16(15)21-13-12-20(2)17-10-6-7-11-18(17)21/h4-11,19H,3,12-14H2,1-2H3. The normalized spacial score (nSPS) is 14.2. The monoisotopic (exact) mass is 281 g/mol. The minimum absolute atomic E-state index is 0.918. The number of nitrogens with zero attached hydrogens (tertiary/aromatic N) is 2. The Hall–Kier alpha value is -2.00. The van der Waals surface area contributed by atoms with E-state index in [0.717, 1.165) is 26.2 Å². The summed E-state index contributed by atoms with van der Waals surface area (Å²) in [6.07, 6.45) is 0. The molecule has 0 saturated heterocycles. The van der Waals surface area contributed by atoms with E-state index < -0.39 is 0 Å². The molecule has 0 spiro atoms. The van der Waals surface area contributed by atoms with Gasteiger partial charge in [0.1, 0.15) is 0 Å².